The molecule has 1 aromatic heterocycles. The molecule has 2 aliphatic rings. The van der Waals surface area contributed by atoms with Crippen LogP contribution in [0, 0.1) is 5.92 Å². The minimum atomic E-state index is 0.0284. The molecule has 3 aromatic rings. The average Bonchev–Trinajstić information content (AvgIpc) is 2.87. The maximum atomic E-state index is 12.9. The van der Waals surface area contributed by atoms with Crippen LogP contribution in [0.4, 0.5) is 11.5 Å². The molecule has 0 N–H and O–H groups in total. The third-order valence-electron chi connectivity index (χ3n) is 6.75. The Kier molecular flexibility index (Phi) is 6.33. The monoisotopic (exact) mass is 444 g/mol. The van der Waals surface area contributed by atoms with E-state index in [0.29, 0.717) is 24.8 Å². The third-order valence-corrected chi connectivity index (χ3v) is 6.75. The minimum Gasteiger partial charge on any atom is -0.481 e. The molecule has 33 heavy (non-hydrogen) atoms. The molecule has 0 saturated carbocycles. The van der Waals surface area contributed by atoms with Crippen molar-refractivity contribution in [1.29, 1.82) is 0 Å². The van der Waals surface area contributed by atoms with Crippen molar-refractivity contribution >= 4 is 28.3 Å². The molecule has 0 bridgehead atoms. The van der Waals surface area contributed by atoms with E-state index >= 15 is 0 Å². The summed E-state index contributed by atoms with van der Waals surface area (Å²) in [5.74, 6) is 2.38. The van der Waals surface area contributed by atoms with Gasteiger partial charge in [-0.1, -0.05) is 37.3 Å². The van der Waals surface area contributed by atoms with E-state index in [2.05, 4.69) is 53.1 Å². The number of piperazine rings is 1. The van der Waals surface area contributed by atoms with Gasteiger partial charge in [-0.05, 0) is 49.1 Å². The zero-order valence-corrected chi connectivity index (χ0v) is 19.3. The van der Waals surface area contributed by atoms with Crippen molar-refractivity contribution in [1.82, 2.24) is 9.88 Å². The third kappa shape index (κ3) is 4.90. The Morgan fingerprint density at radius 2 is 1.76 bits per heavy atom. The number of para-hydroxylation sites is 2. The Hall–Kier alpha value is -3.28. The zero-order valence-electron chi connectivity index (χ0n) is 19.3. The molecule has 2 aliphatic heterocycles. The highest BCUT2D eigenvalue weighted by molar-refractivity contribution is 5.86. The van der Waals surface area contributed by atoms with Crippen molar-refractivity contribution in [3.63, 3.8) is 0 Å². The van der Waals surface area contributed by atoms with Crippen LogP contribution in [-0.2, 0) is 4.79 Å². The summed E-state index contributed by atoms with van der Waals surface area (Å²) in [5.41, 5.74) is 2.04. The van der Waals surface area contributed by atoms with Gasteiger partial charge in [0.05, 0.1) is 0 Å². The number of hydrogen-bond acceptors (Lipinski definition) is 5. The van der Waals surface area contributed by atoms with Crippen LogP contribution in [0.3, 0.4) is 0 Å². The lowest BCUT2D eigenvalue weighted by atomic mass is 10.0. The van der Waals surface area contributed by atoms with Gasteiger partial charge in [-0.2, -0.15) is 0 Å². The van der Waals surface area contributed by atoms with Crippen LogP contribution in [0.5, 0.6) is 5.75 Å². The average molecular weight is 445 g/mol. The molecule has 2 saturated heterocycles. The SMILES string of the molecule is CC1CCCN(c2ccc3cccc(OCC(=O)N4CCN(c5ccccc5)CC4)c3n2)C1. The van der Waals surface area contributed by atoms with Crippen LogP contribution in [-0.4, -0.2) is 61.7 Å². The Labute approximate surface area is 195 Å². The quantitative estimate of drug-likeness (QED) is 0.590. The van der Waals surface area contributed by atoms with Gasteiger partial charge in [-0.15, -0.1) is 0 Å². The first-order valence-corrected chi connectivity index (χ1v) is 12.0. The topological polar surface area (TPSA) is 48.9 Å². The van der Waals surface area contributed by atoms with Gasteiger partial charge in [-0.3, -0.25) is 4.79 Å². The molecule has 6 heteroatoms. The Morgan fingerprint density at radius 3 is 2.55 bits per heavy atom. The van der Waals surface area contributed by atoms with Crippen LogP contribution in [0.25, 0.3) is 10.9 Å². The van der Waals surface area contributed by atoms with E-state index in [1.807, 2.05) is 29.2 Å². The second-order valence-corrected chi connectivity index (χ2v) is 9.18. The van der Waals surface area contributed by atoms with Gasteiger partial charge >= 0.3 is 0 Å². The lowest BCUT2D eigenvalue weighted by Gasteiger charge is -2.36. The number of anilines is 2. The van der Waals surface area contributed by atoms with Gasteiger partial charge in [0, 0.05) is 50.3 Å². The fourth-order valence-corrected chi connectivity index (χ4v) is 4.88. The summed E-state index contributed by atoms with van der Waals surface area (Å²) in [5, 5.41) is 1.03. The van der Waals surface area contributed by atoms with Gasteiger partial charge in [0.1, 0.15) is 17.1 Å². The smallest absolute Gasteiger partial charge is 0.260 e. The predicted octanol–water partition coefficient (Wildman–Crippen LogP) is 4.20. The summed E-state index contributed by atoms with van der Waals surface area (Å²) in [7, 11) is 0. The lowest BCUT2D eigenvalue weighted by Crippen LogP contribution is -2.50. The van der Waals surface area contributed by atoms with Crippen molar-refractivity contribution in [3.8, 4) is 5.75 Å². The first-order valence-electron chi connectivity index (χ1n) is 12.0. The van der Waals surface area contributed by atoms with E-state index in [-0.39, 0.29) is 12.5 Å². The standard InChI is InChI=1S/C27H32N4O2/c1-21-7-6-14-31(19-21)25-13-12-22-8-5-11-24(27(22)28-25)33-20-26(32)30-17-15-29(16-18-30)23-9-3-2-4-10-23/h2-5,8-13,21H,6-7,14-20H2,1H3. The van der Waals surface area contributed by atoms with E-state index in [9.17, 15) is 4.79 Å². The molecule has 0 radical (unpaired) electrons. The van der Waals surface area contributed by atoms with Crippen LogP contribution in [0.2, 0.25) is 0 Å². The molecule has 0 spiro atoms. The van der Waals surface area contributed by atoms with Crippen LogP contribution in [0.1, 0.15) is 19.8 Å². The number of carbonyl (C=O) groups is 1. The molecule has 5 rings (SSSR count). The van der Waals surface area contributed by atoms with Crippen molar-refractivity contribution in [2.24, 2.45) is 5.92 Å². The van der Waals surface area contributed by atoms with Gasteiger partial charge in [-0.25, -0.2) is 4.98 Å². The second kappa shape index (κ2) is 9.69. The molecular weight excluding hydrogens is 412 g/mol. The maximum absolute atomic E-state index is 12.9. The fourth-order valence-electron chi connectivity index (χ4n) is 4.88. The summed E-state index contributed by atoms with van der Waals surface area (Å²) in [6, 6.07) is 20.5. The predicted molar refractivity (Wildman–Crippen MR) is 133 cm³/mol. The normalized spacial score (nSPS) is 19.1. The number of benzene rings is 2. The number of rotatable bonds is 5. The van der Waals surface area contributed by atoms with E-state index in [1.165, 1.54) is 18.5 Å². The van der Waals surface area contributed by atoms with Gasteiger partial charge in [0.2, 0.25) is 0 Å². The first-order chi connectivity index (χ1) is 16.2. The van der Waals surface area contributed by atoms with Crippen molar-refractivity contribution in [2.45, 2.75) is 19.8 Å². The molecule has 1 amide bonds. The highest BCUT2D eigenvalue weighted by atomic mass is 16.5. The fraction of sp³-hybridized carbons (Fsp3) is 0.407. The Balaban J connectivity index is 1.23. The van der Waals surface area contributed by atoms with Gasteiger partial charge in [0.25, 0.3) is 5.91 Å². The Morgan fingerprint density at radius 1 is 0.939 bits per heavy atom. The van der Waals surface area contributed by atoms with E-state index < -0.39 is 0 Å². The molecule has 2 fully saturated rings. The molecule has 172 valence electrons. The molecule has 1 unspecified atom stereocenters. The summed E-state index contributed by atoms with van der Waals surface area (Å²) < 4.78 is 6.02. The van der Waals surface area contributed by atoms with Crippen LogP contribution in [0.15, 0.2) is 60.7 Å². The summed E-state index contributed by atoms with van der Waals surface area (Å²) in [4.78, 5) is 24.4. The van der Waals surface area contributed by atoms with Crippen molar-refractivity contribution < 1.29 is 9.53 Å². The van der Waals surface area contributed by atoms with Crippen LogP contribution < -0.4 is 14.5 Å². The van der Waals surface area contributed by atoms with E-state index in [1.54, 1.807) is 0 Å². The zero-order chi connectivity index (χ0) is 22.6. The minimum absolute atomic E-state index is 0.0284. The molecular formula is C27H32N4O2. The number of nitrogens with zero attached hydrogens (tertiary/aromatic N) is 4. The largest absolute Gasteiger partial charge is 0.481 e. The number of amides is 1. The van der Waals surface area contributed by atoms with Gasteiger partial charge in [0.15, 0.2) is 6.61 Å². The molecule has 6 nitrogen and oxygen atoms in total. The Bertz CT molecular complexity index is 1100. The highest BCUT2D eigenvalue weighted by Crippen LogP contribution is 2.28. The van der Waals surface area contributed by atoms with Crippen molar-refractivity contribution in [2.75, 3.05) is 55.7 Å². The van der Waals surface area contributed by atoms with Crippen LogP contribution >= 0.6 is 0 Å². The lowest BCUT2D eigenvalue weighted by molar-refractivity contribution is -0.133. The number of aromatic nitrogens is 1. The van der Waals surface area contributed by atoms with E-state index in [4.69, 9.17) is 9.72 Å². The van der Waals surface area contributed by atoms with Crippen molar-refractivity contribution in [3.05, 3.63) is 60.7 Å². The number of pyridine rings is 1. The van der Waals surface area contributed by atoms with E-state index in [0.717, 1.165) is 42.9 Å². The number of fused-ring (bicyclic) bond motifs is 1. The van der Waals surface area contributed by atoms with Gasteiger partial charge < -0.3 is 19.4 Å². The summed E-state index contributed by atoms with van der Waals surface area (Å²) in [6.07, 6.45) is 2.48. The molecule has 3 heterocycles. The highest BCUT2D eigenvalue weighted by Gasteiger charge is 2.22. The number of piperidine rings is 1. The summed E-state index contributed by atoms with van der Waals surface area (Å²) in [6.45, 7) is 7.51. The first kappa shape index (κ1) is 21.6. The maximum Gasteiger partial charge on any atom is 0.260 e. The molecule has 2 aromatic carbocycles. The number of carbonyl (C=O) groups excluding carboxylic acids is 1. The molecule has 1 atom stereocenters. The second-order valence-electron chi connectivity index (χ2n) is 9.18. The number of ether oxygens (including phenoxy) is 1. The molecule has 0 aliphatic carbocycles. The summed E-state index contributed by atoms with van der Waals surface area (Å²) >= 11 is 0. The number of hydrogen-bond donors (Lipinski definition) is 0.